The van der Waals surface area contributed by atoms with Crippen molar-refractivity contribution >= 4 is 19.8 Å². The lowest BCUT2D eigenvalue weighted by molar-refractivity contribution is -0.870. The number of ether oxygens (including phenoxy) is 2. The van der Waals surface area contributed by atoms with Crippen LogP contribution < -0.4 is 4.89 Å². The molecule has 0 aliphatic carbocycles. The van der Waals surface area contributed by atoms with Gasteiger partial charge in [0.25, 0.3) is 7.82 Å². The highest BCUT2D eigenvalue weighted by Gasteiger charge is 2.21. The lowest BCUT2D eigenvalue weighted by atomic mass is 10.0. The number of nitrogens with zero attached hydrogens (tertiary/aromatic N) is 1. The van der Waals surface area contributed by atoms with Gasteiger partial charge in [-0.1, -0.05) is 160 Å². The molecule has 2 atom stereocenters. The van der Waals surface area contributed by atoms with Gasteiger partial charge in [-0.2, -0.15) is 0 Å². The third kappa shape index (κ3) is 42.1. The number of hydrogen-bond acceptors (Lipinski definition) is 8. The maximum atomic E-state index is 12.7. The Balaban J connectivity index is 4.29. The molecule has 0 rings (SSSR count). The summed E-state index contributed by atoms with van der Waals surface area (Å²) in [4.78, 5) is 37.6. The van der Waals surface area contributed by atoms with Gasteiger partial charge in [0.15, 0.2) is 6.10 Å². The number of hydrogen-bond donors (Lipinski definition) is 0. The first-order valence-electron chi connectivity index (χ1n) is 23.0. The van der Waals surface area contributed by atoms with Crippen LogP contribution in [0, 0.1) is 0 Å². The summed E-state index contributed by atoms with van der Waals surface area (Å²) in [5.41, 5.74) is 0. The number of carbonyl (C=O) groups is 2. The Hall–Kier alpha value is -1.51. The van der Waals surface area contributed by atoms with E-state index in [0.29, 0.717) is 17.4 Å². The van der Waals surface area contributed by atoms with E-state index in [4.69, 9.17) is 18.5 Å². The van der Waals surface area contributed by atoms with Crippen LogP contribution in [0.2, 0.25) is 0 Å². The predicted octanol–water partition coefficient (Wildman–Crippen LogP) is 12.5. The Kier molecular flexibility index (Phi) is 37.9. The first-order valence-corrected chi connectivity index (χ1v) is 24.5. The van der Waals surface area contributed by atoms with Crippen LogP contribution in [0.1, 0.15) is 206 Å². The molecule has 0 saturated heterocycles. The Morgan fingerprint density at radius 1 is 0.589 bits per heavy atom. The molecular formula is C46H88NO8P. The molecule has 0 spiro atoms. The van der Waals surface area contributed by atoms with Crippen molar-refractivity contribution in [3.05, 3.63) is 24.8 Å². The molecule has 0 N–H and O–H groups in total. The second kappa shape index (κ2) is 39.0. The fraction of sp³-hybridized carbons (Fsp3) is 0.870. The van der Waals surface area contributed by atoms with Gasteiger partial charge >= 0.3 is 11.9 Å². The van der Waals surface area contributed by atoms with Gasteiger partial charge in [0.1, 0.15) is 19.8 Å². The molecule has 330 valence electrons. The molecule has 0 fully saturated rings. The third-order valence-corrected chi connectivity index (χ3v) is 11.1. The van der Waals surface area contributed by atoms with Gasteiger partial charge < -0.3 is 27.9 Å². The third-order valence-electron chi connectivity index (χ3n) is 10.1. The van der Waals surface area contributed by atoms with Crippen LogP contribution in [0.4, 0.5) is 0 Å². The number of allylic oxidation sites excluding steroid dienone is 3. The summed E-state index contributed by atoms with van der Waals surface area (Å²) < 4.78 is 33.9. The number of rotatable bonds is 43. The summed E-state index contributed by atoms with van der Waals surface area (Å²) in [6, 6.07) is 0. The average molecular weight is 814 g/mol. The second-order valence-electron chi connectivity index (χ2n) is 16.8. The first-order chi connectivity index (χ1) is 27.0. The van der Waals surface area contributed by atoms with E-state index < -0.39 is 26.5 Å². The smallest absolute Gasteiger partial charge is 0.306 e. The normalized spacial score (nSPS) is 13.5. The Morgan fingerprint density at radius 3 is 1.45 bits per heavy atom. The van der Waals surface area contributed by atoms with Gasteiger partial charge in [0.05, 0.1) is 27.7 Å². The molecule has 0 aromatic carbocycles. The van der Waals surface area contributed by atoms with Gasteiger partial charge in [-0.05, 0) is 51.4 Å². The van der Waals surface area contributed by atoms with E-state index in [1.54, 1.807) is 0 Å². The van der Waals surface area contributed by atoms with Crippen molar-refractivity contribution in [2.45, 2.75) is 212 Å². The minimum atomic E-state index is -4.62. The van der Waals surface area contributed by atoms with Crippen molar-refractivity contribution in [3.8, 4) is 0 Å². The number of esters is 2. The van der Waals surface area contributed by atoms with E-state index in [-0.39, 0.29) is 32.0 Å². The van der Waals surface area contributed by atoms with E-state index >= 15 is 0 Å². The molecule has 0 amide bonds. The van der Waals surface area contributed by atoms with Crippen molar-refractivity contribution in [2.24, 2.45) is 0 Å². The van der Waals surface area contributed by atoms with E-state index in [0.717, 1.165) is 44.9 Å². The Labute approximate surface area is 345 Å². The lowest BCUT2D eigenvalue weighted by Gasteiger charge is -2.28. The number of phosphoric acid groups is 1. The van der Waals surface area contributed by atoms with E-state index in [1.165, 1.54) is 135 Å². The van der Waals surface area contributed by atoms with Crippen molar-refractivity contribution in [2.75, 3.05) is 47.5 Å². The van der Waals surface area contributed by atoms with Crippen LogP contribution in [-0.2, 0) is 32.7 Å². The lowest BCUT2D eigenvalue weighted by Crippen LogP contribution is -2.37. The van der Waals surface area contributed by atoms with E-state index in [9.17, 15) is 19.0 Å². The zero-order valence-corrected chi connectivity index (χ0v) is 37.8. The first kappa shape index (κ1) is 54.5. The van der Waals surface area contributed by atoms with E-state index in [1.807, 2.05) is 27.2 Å². The standard InChI is InChI=1S/C46H88NO8P/c1-6-8-10-12-14-16-18-20-22-23-25-26-28-30-32-34-36-38-45(48)52-42-44(43-54-56(50,51)53-41-40-47(3,4)5)55-46(49)39-37-35-33-31-29-27-24-21-19-17-15-13-11-9-7-2/h7,16,18,44H,2,6,8-15,17,19-43H2,1,3-5H3/b18-16+/t44-/m1/s1. The zero-order valence-electron chi connectivity index (χ0n) is 36.9. The number of likely N-dealkylation sites (N-methyl/N-ethyl adjacent to an activating group) is 1. The van der Waals surface area contributed by atoms with Crippen molar-refractivity contribution in [3.63, 3.8) is 0 Å². The van der Waals surface area contributed by atoms with Crippen LogP contribution in [0.25, 0.3) is 0 Å². The van der Waals surface area contributed by atoms with E-state index in [2.05, 4.69) is 25.7 Å². The highest BCUT2D eigenvalue weighted by atomic mass is 31.2. The second-order valence-corrected chi connectivity index (χ2v) is 18.3. The summed E-state index contributed by atoms with van der Waals surface area (Å²) in [7, 11) is 1.17. The molecule has 0 bridgehead atoms. The highest BCUT2D eigenvalue weighted by Crippen LogP contribution is 2.38. The number of unbranched alkanes of at least 4 members (excludes halogenated alkanes) is 26. The minimum absolute atomic E-state index is 0.0302. The fourth-order valence-electron chi connectivity index (χ4n) is 6.45. The zero-order chi connectivity index (χ0) is 41.4. The van der Waals surface area contributed by atoms with Gasteiger partial charge in [-0.15, -0.1) is 6.58 Å². The van der Waals surface area contributed by atoms with Crippen LogP contribution in [0.15, 0.2) is 24.8 Å². The molecule has 0 radical (unpaired) electrons. The molecule has 9 nitrogen and oxygen atoms in total. The minimum Gasteiger partial charge on any atom is -0.756 e. The molecule has 0 saturated carbocycles. The maximum Gasteiger partial charge on any atom is 0.306 e. The monoisotopic (exact) mass is 814 g/mol. The molecule has 0 aliphatic heterocycles. The quantitative estimate of drug-likeness (QED) is 0.0197. The molecule has 56 heavy (non-hydrogen) atoms. The summed E-state index contributed by atoms with van der Waals surface area (Å²) in [6.45, 7) is 5.75. The highest BCUT2D eigenvalue weighted by molar-refractivity contribution is 7.45. The van der Waals surface area contributed by atoms with Crippen molar-refractivity contribution < 1.29 is 42.1 Å². The fourth-order valence-corrected chi connectivity index (χ4v) is 7.18. The van der Waals surface area contributed by atoms with Crippen LogP contribution >= 0.6 is 7.82 Å². The molecule has 0 aliphatic rings. The molecule has 0 aromatic rings. The summed E-state index contributed by atoms with van der Waals surface area (Å²) in [5, 5.41) is 0. The van der Waals surface area contributed by atoms with Gasteiger partial charge in [-0.3, -0.25) is 14.2 Å². The SMILES string of the molecule is C=CCCCCCCCCCCCCCCCC(=O)O[C@H](COC(=O)CCCCCCCCCCC/C=C/CCCCCC)COP(=O)([O-])OCC[N+](C)(C)C. The van der Waals surface area contributed by atoms with Crippen molar-refractivity contribution in [1.82, 2.24) is 0 Å². The summed E-state index contributed by atoms with van der Waals surface area (Å²) in [6.07, 6.45) is 40.9. The predicted molar refractivity (Wildman–Crippen MR) is 231 cm³/mol. The number of quaternary nitrogens is 1. The largest absolute Gasteiger partial charge is 0.756 e. The molecule has 0 heterocycles. The van der Waals surface area contributed by atoms with Crippen LogP contribution in [-0.4, -0.2) is 70.0 Å². The molecular weight excluding hydrogens is 725 g/mol. The topological polar surface area (TPSA) is 111 Å². The van der Waals surface area contributed by atoms with Crippen molar-refractivity contribution in [1.29, 1.82) is 0 Å². The molecule has 0 aromatic heterocycles. The van der Waals surface area contributed by atoms with Gasteiger partial charge in [0.2, 0.25) is 0 Å². The van der Waals surface area contributed by atoms with Crippen LogP contribution in [0.3, 0.4) is 0 Å². The number of phosphoric ester groups is 1. The maximum absolute atomic E-state index is 12.7. The molecule has 1 unspecified atom stereocenters. The number of carbonyl (C=O) groups excluding carboxylic acids is 2. The van der Waals surface area contributed by atoms with Crippen LogP contribution in [0.5, 0.6) is 0 Å². The van der Waals surface area contributed by atoms with Gasteiger partial charge in [0, 0.05) is 12.8 Å². The Bertz CT molecular complexity index is 998. The average Bonchev–Trinajstić information content (AvgIpc) is 3.15. The summed E-state index contributed by atoms with van der Waals surface area (Å²) in [5.74, 6) is -0.833. The molecule has 10 heteroatoms. The van der Waals surface area contributed by atoms with Gasteiger partial charge in [-0.25, -0.2) is 0 Å². The summed E-state index contributed by atoms with van der Waals surface area (Å²) >= 11 is 0. The Morgan fingerprint density at radius 2 is 1.00 bits per heavy atom.